The Morgan fingerprint density at radius 3 is 0.973 bits per heavy atom. The molecule has 4 amide bonds. The van der Waals surface area contributed by atoms with Crippen LogP contribution in [0.3, 0.4) is 0 Å². The first-order valence-electron chi connectivity index (χ1n) is 24.7. The Balaban J connectivity index is 0.000000441. The smallest absolute Gasteiger partial charge is 0.743 e. The summed E-state index contributed by atoms with van der Waals surface area (Å²) in [5.74, 6) is 2.14. The van der Waals surface area contributed by atoms with Gasteiger partial charge in [-0.1, -0.05) is 18.2 Å². The van der Waals surface area contributed by atoms with E-state index < -0.39 is 68.5 Å². The van der Waals surface area contributed by atoms with Gasteiger partial charge in [-0.15, -0.1) is 0 Å². The predicted octanol–water partition coefficient (Wildman–Crippen LogP) is 4.95. The molecule has 1 aromatic carbocycles. The standard InChI is InChI=1S/2C20H33F3N2O7S.C6H6S.Na/c2*1-2-31-18(26)24-15-7-3-13(4-8-15)11-14-5-9-16(10-6-14)25-19(27)32-12-17(21)20(22,23)33(28,29)30;7-6-4-2-1-3-5-6;/h2*13-17H,2-12H2,1H3,(H,24,26)(H,25,27)(H,28,29,30);1-5,7H;/q;;;+1/p-1. The Morgan fingerprint density at radius 2 is 0.770 bits per heavy atom. The molecule has 420 valence electrons. The molecule has 4 aliphatic carbocycles. The number of alkyl halides is 6. The summed E-state index contributed by atoms with van der Waals surface area (Å²) < 4.78 is 160. The van der Waals surface area contributed by atoms with E-state index in [1.165, 1.54) is 0 Å². The Morgan fingerprint density at radius 1 is 0.527 bits per heavy atom. The second-order valence-electron chi connectivity index (χ2n) is 18.9. The van der Waals surface area contributed by atoms with Crippen LogP contribution in [0.4, 0.5) is 45.5 Å². The fraction of sp³-hybridized carbons (Fsp3) is 0.783. The van der Waals surface area contributed by atoms with Gasteiger partial charge in [-0.3, -0.25) is 0 Å². The van der Waals surface area contributed by atoms with Crippen LogP contribution in [0.2, 0.25) is 0 Å². The van der Waals surface area contributed by atoms with Gasteiger partial charge >= 0.3 is 64.4 Å². The van der Waals surface area contributed by atoms with Crippen molar-refractivity contribution in [1.82, 2.24) is 21.3 Å². The largest absolute Gasteiger partial charge is 1.00 e. The number of alkyl carbamates (subject to hydrolysis) is 4. The maximum Gasteiger partial charge on any atom is 1.00 e. The zero-order valence-electron chi connectivity index (χ0n) is 42.0. The second kappa shape index (κ2) is 32.7. The van der Waals surface area contributed by atoms with E-state index in [-0.39, 0.29) is 65.9 Å². The van der Waals surface area contributed by atoms with Crippen molar-refractivity contribution in [2.75, 3.05) is 26.4 Å². The molecule has 4 aliphatic rings. The van der Waals surface area contributed by atoms with Crippen LogP contribution in [0.1, 0.15) is 129 Å². The second-order valence-corrected chi connectivity index (χ2v) is 22.4. The number of carbonyl (C=O) groups excluding carboxylic acids is 4. The molecular formula is C46H71F6N4NaO14S3. The molecule has 1 aromatic rings. The fourth-order valence-corrected chi connectivity index (χ4v) is 10.4. The van der Waals surface area contributed by atoms with Gasteiger partial charge < -0.3 is 49.3 Å². The number of hydrogen-bond acceptors (Lipinski definition) is 14. The summed E-state index contributed by atoms with van der Waals surface area (Å²) in [5, 5.41) is 0.361. The number of amides is 4. The molecule has 2 unspecified atom stereocenters. The predicted molar refractivity (Wildman–Crippen MR) is 255 cm³/mol. The summed E-state index contributed by atoms with van der Waals surface area (Å²) >= 11 is 3.36. The van der Waals surface area contributed by atoms with E-state index in [1.807, 2.05) is 30.3 Å². The molecule has 28 heteroatoms. The van der Waals surface area contributed by atoms with Gasteiger partial charge in [-0.25, -0.2) is 44.8 Å². The van der Waals surface area contributed by atoms with Crippen molar-refractivity contribution in [3.8, 4) is 0 Å². The molecule has 4 saturated carbocycles. The van der Waals surface area contributed by atoms with E-state index in [4.69, 9.17) is 9.47 Å². The van der Waals surface area contributed by atoms with Crippen LogP contribution in [0.5, 0.6) is 0 Å². The van der Waals surface area contributed by atoms with Crippen molar-refractivity contribution in [1.29, 1.82) is 0 Å². The average Bonchev–Trinajstić information content (AvgIpc) is 3.32. The third kappa shape index (κ3) is 24.2. The van der Waals surface area contributed by atoms with Crippen LogP contribution in [0, 0.1) is 23.7 Å². The van der Waals surface area contributed by atoms with Crippen molar-refractivity contribution in [2.24, 2.45) is 23.7 Å². The van der Waals surface area contributed by atoms with Gasteiger partial charge in [0.1, 0.15) is 18.1 Å². The molecule has 4 fully saturated rings. The quantitative estimate of drug-likeness (QED) is 0.0499. The summed E-state index contributed by atoms with van der Waals surface area (Å²) in [6.45, 7) is 1.13. The molecule has 74 heavy (non-hydrogen) atoms. The van der Waals surface area contributed by atoms with Crippen LogP contribution in [-0.4, -0.2) is 124 Å². The number of halogens is 6. The maximum absolute atomic E-state index is 13.3. The molecule has 0 radical (unpaired) electrons. The molecule has 2 atom stereocenters. The topological polar surface area (TPSA) is 268 Å². The molecule has 0 saturated heterocycles. The monoisotopic (exact) mass is 1140 g/mol. The Labute approximate surface area is 457 Å². The van der Waals surface area contributed by atoms with Crippen molar-refractivity contribution in [2.45, 2.75) is 181 Å². The summed E-state index contributed by atoms with van der Waals surface area (Å²) in [6.07, 6.45) is 6.05. The first-order chi connectivity index (χ1) is 34.2. The summed E-state index contributed by atoms with van der Waals surface area (Å²) in [4.78, 5) is 47.6. The van der Waals surface area contributed by atoms with Crippen molar-refractivity contribution in [3.63, 3.8) is 0 Å². The zero-order valence-corrected chi connectivity index (χ0v) is 46.6. The Hall–Kier alpha value is -2.95. The van der Waals surface area contributed by atoms with Crippen LogP contribution in [0.25, 0.3) is 0 Å². The number of nitrogens with one attached hydrogen (secondary N) is 4. The van der Waals surface area contributed by atoms with E-state index in [2.05, 4.69) is 43.4 Å². The minimum absolute atomic E-state index is 0. The minimum Gasteiger partial charge on any atom is -0.743 e. The number of ether oxygens (including phenoxy) is 4. The van der Waals surface area contributed by atoms with Gasteiger partial charge in [0.25, 0.3) is 0 Å². The Bertz CT molecular complexity index is 1940. The van der Waals surface area contributed by atoms with E-state index in [1.54, 1.807) is 13.8 Å². The van der Waals surface area contributed by atoms with Gasteiger partial charge in [0.15, 0.2) is 20.2 Å². The SMILES string of the molecule is CCOC(=O)NC1CCC(CC2CCC(NC(=O)OCC(F)C(F)(F)S(=O)(=O)[O-])CC2)CC1.CCOC(=O)NC1CCC(CC2CCC(NC(=O)OCC(F)C(F)(F)S(=O)(=O)[O-])CC2)CC1.[Na+].[SH2+]c1ccccc1. The molecule has 4 N–H and O–H groups in total. The third-order valence-electron chi connectivity index (χ3n) is 13.5. The van der Waals surface area contributed by atoms with Gasteiger partial charge in [0, 0.05) is 24.2 Å². The average molecular weight is 1140 g/mol. The summed E-state index contributed by atoms with van der Waals surface area (Å²) in [5.41, 5.74) is 0. The van der Waals surface area contributed by atoms with E-state index in [0.717, 1.165) is 94.8 Å². The molecule has 18 nitrogen and oxygen atoms in total. The molecule has 5 rings (SSSR count). The molecular weight excluding hydrogens is 1070 g/mol. The third-order valence-corrected chi connectivity index (χ3v) is 15.6. The minimum atomic E-state index is -6.20. The number of rotatable bonds is 18. The van der Waals surface area contributed by atoms with E-state index in [9.17, 15) is 71.5 Å². The van der Waals surface area contributed by atoms with Gasteiger partial charge in [0.05, 0.1) is 13.2 Å². The molecule has 0 spiro atoms. The van der Waals surface area contributed by atoms with E-state index in [0.29, 0.717) is 62.6 Å². The van der Waals surface area contributed by atoms with Crippen LogP contribution < -0.4 is 50.8 Å². The summed E-state index contributed by atoms with van der Waals surface area (Å²) in [7, 11) is -12.4. The maximum atomic E-state index is 13.3. The van der Waals surface area contributed by atoms with Crippen molar-refractivity contribution in [3.05, 3.63) is 30.3 Å². The molecule has 0 heterocycles. The van der Waals surface area contributed by atoms with Crippen LogP contribution in [-0.2, 0) is 51.8 Å². The molecule has 0 aromatic heterocycles. The normalized spacial score (nSPS) is 25.2. The van der Waals surface area contributed by atoms with Crippen molar-refractivity contribution < 1.29 is 120 Å². The first-order valence-corrected chi connectivity index (χ1v) is 28.0. The van der Waals surface area contributed by atoms with Crippen molar-refractivity contribution >= 4 is 57.2 Å². The van der Waals surface area contributed by atoms with Crippen LogP contribution in [0.15, 0.2) is 35.2 Å². The van der Waals surface area contributed by atoms with Crippen LogP contribution >= 0.6 is 0 Å². The number of hydrogen-bond donors (Lipinski definition) is 4. The number of carbonyl (C=O) groups is 4. The molecule has 0 bridgehead atoms. The van der Waals surface area contributed by atoms with Gasteiger partial charge in [-0.05, 0) is 178 Å². The van der Waals surface area contributed by atoms with Gasteiger partial charge in [-0.2, -0.15) is 17.6 Å². The number of benzene rings is 1. The van der Waals surface area contributed by atoms with Gasteiger partial charge in [0.2, 0.25) is 12.3 Å². The fourth-order valence-electron chi connectivity index (χ4n) is 9.45. The van der Waals surface area contributed by atoms with E-state index >= 15 is 0 Å². The Kier molecular flexibility index (Phi) is 29.7. The molecule has 0 aliphatic heterocycles. The first kappa shape index (κ1) is 67.2. The summed E-state index contributed by atoms with van der Waals surface area (Å²) in [6, 6.07) is 9.75. The zero-order chi connectivity index (χ0) is 54.4.